The summed E-state index contributed by atoms with van der Waals surface area (Å²) in [5.74, 6) is 0.444. The number of aliphatic hydroxyl groups excluding tert-OH is 1. The Bertz CT molecular complexity index is 935. The van der Waals surface area contributed by atoms with E-state index in [4.69, 9.17) is 9.84 Å². The molecule has 33 heavy (non-hydrogen) atoms. The molecule has 7 atom stereocenters. The second kappa shape index (κ2) is 8.42. The minimum Gasteiger partial charge on any atom is -0.469 e. The third-order valence-corrected chi connectivity index (χ3v) is 10.6. The lowest BCUT2D eigenvalue weighted by Gasteiger charge is -2.53. The van der Waals surface area contributed by atoms with E-state index in [0.717, 1.165) is 17.6 Å². The van der Waals surface area contributed by atoms with E-state index in [1.165, 1.54) is 44.1 Å². The summed E-state index contributed by atoms with van der Waals surface area (Å²) in [6, 6.07) is 0. The summed E-state index contributed by atoms with van der Waals surface area (Å²) < 4.78 is 9.45. The predicted molar refractivity (Wildman–Crippen MR) is 126 cm³/mol. The van der Waals surface area contributed by atoms with Crippen molar-refractivity contribution in [3.05, 3.63) is 36.5 Å². The van der Waals surface area contributed by atoms with E-state index in [1.807, 2.05) is 13.8 Å². The van der Waals surface area contributed by atoms with Gasteiger partial charge in [0.1, 0.15) is 0 Å². The number of carbonyl (C=O) groups is 3. The summed E-state index contributed by atoms with van der Waals surface area (Å²) in [5, 5.41) is 9.13. The Hall–Kier alpha value is -1.86. The Balaban J connectivity index is 0.000000318. The van der Waals surface area contributed by atoms with E-state index in [1.54, 1.807) is 6.08 Å². The third-order valence-electron chi connectivity index (χ3n) is 8.70. The number of aliphatic hydroxyl groups is 1. The molecule has 1 saturated heterocycles. The van der Waals surface area contributed by atoms with Gasteiger partial charge in [-0.15, -0.1) is 11.8 Å². The maximum atomic E-state index is 12.6. The topological polar surface area (TPSA) is 89.9 Å². The largest absolute Gasteiger partial charge is 0.469 e. The molecule has 1 N–H and O–H groups in total. The minimum atomic E-state index is -1.01. The maximum absolute atomic E-state index is 12.6. The highest BCUT2D eigenvalue weighted by atomic mass is 32.2. The highest BCUT2D eigenvalue weighted by Crippen LogP contribution is 2.75. The average Bonchev–Trinajstić information content (AvgIpc) is 3.18. The lowest BCUT2D eigenvalue weighted by atomic mass is 9.50. The molecule has 1 spiro atoms. The van der Waals surface area contributed by atoms with E-state index in [9.17, 15) is 14.4 Å². The molecule has 0 aromatic heterocycles. The van der Waals surface area contributed by atoms with Gasteiger partial charge in [-0.2, -0.15) is 0 Å². The van der Waals surface area contributed by atoms with Crippen LogP contribution in [0.2, 0.25) is 0 Å². The van der Waals surface area contributed by atoms with Crippen molar-refractivity contribution >= 4 is 29.5 Å². The first-order valence-electron chi connectivity index (χ1n) is 11.7. The van der Waals surface area contributed by atoms with Gasteiger partial charge in [0.05, 0.1) is 18.3 Å². The number of carbonyl (C=O) groups excluding carboxylic acids is 3. The number of rotatable bonds is 3. The van der Waals surface area contributed by atoms with Crippen LogP contribution in [-0.2, 0) is 23.9 Å². The fraction of sp³-hybridized carbons (Fsp3) is 0.654. The Morgan fingerprint density at radius 1 is 1.21 bits per heavy atom. The fourth-order valence-electron chi connectivity index (χ4n) is 6.78. The normalized spacial score (nSPS) is 42.1. The van der Waals surface area contributed by atoms with Crippen molar-refractivity contribution in [2.24, 2.45) is 28.6 Å². The molecule has 3 fully saturated rings. The molecule has 7 unspecified atom stereocenters. The van der Waals surface area contributed by atoms with Crippen molar-refractivity contribution in [1.29, 1.82) is 0 Å². The van der Waals surface area contributed by atoms with Crippen LogP contribution in [0.3, 0.4) is 0 Å². The van der Waals surface area contributed by atoms with Crippen LogP contribution in [0.1, 0.15) is 52.9 Å². The molecule has 2 aliphatic heterocycles. The number of ketones is 1. The summed E-state index contributed by atoms with van der Waals surface area (Å²) in [4.78, 5) is 34.8. The number of hydrogen-bond acceptors (Lipinski definition) is 7. The monoisotopic (exact) mass is 474 g/mol. The molecule has 0 aromatic carbocycles. The number of allylic oxidation sites excluding steroid dienone is 2. The Morgan fingerprint density at radius 2 is 1.91 bits per heavy atom. The van der Waals surface area contributed by atoms with Gasteiger partial charge < -0.3 is 14.6 Å². The van der Waals surface area contributed by atoms with Gasteiger partial charge in [0.2, 0.25) is 6.29 Å². The zero-order valence-electron chi connectivity index (χ0n) is 19.8. The van der Waals surface area contributed by atoms with Crippen LogP contribution in [-0.4, -0.2) is 46.2 Å². The van der Waals surface area contributed by atoms with E-state index < -0.39 is 17.7 Å². The molecule has 5 aliphatic rings. The van der Waals surface area contributed by atoms with E-state index >= 15 is 0 Å². The highest BCUT2D eigenvalue weighted by Gasteiger charge is 2.69. The SMILES string of the molecule is C=C1C(C2(C)C=CC(=O)C(C)(C)C2CC(=O)OC)CCC2CCC3SC123.O=C1C=CC(O)O1. The van der Waals surface area contributed by atoms with Crippen LogP contribution in [0.25, 0.3) is 0 Å². The molecule has 0 aromatic rings. The van der Waals surface area contributed by atoms with Gasteiger partial charge in [0.15, 0.2) is 5.78 Å². The van der Waals surface area contributed by atoms with Crippen molar-refractivity contribution < 1.29 is 29.0 Å². The number of thioether (sulfide) groups is 1. The number of ether oxygens (including phenoxy) is 2. The van der Waals surface area contributed by atoms with Crippen LogP contribution >= 0.6 is 11.8 Å². The molecule has 2 heterocycles. The van der Waals surface area contributed by atoms with E-state index in [2.05, 4.69) is 36.1 Å². The fourth-order valence-corrected chi connectivity index (χ4v) is 8.62. The van der Waals surface area contributed by atoms with Crippen molar-refractivity contribution in [3.63, 3.8) is 0 Å². The van der Waals surface area contributed by atoms with Crippen LogP contribution in [0.5, 0.6) is 0 Å². The van der Waals surface area contributed by atoms with E-state index in [-0.39, 0.29) is 29.5 Å². The average molecular weight is 475 g/mol. The molecule has 2 saturated carbocycles. The molecule has 0 bridgehead atoms. The molecule has 0 amide bonds. The predicted octanol–water partition coefficient (Wildman–Crippen LogP) is 3.99. The van der Waals surface area contributed by atoms with Gasteiger partial charge in [-0.1, -0.05) is 39.0 Å². The van der Waals surface area contributed by atoms with Crippen LogP contribution < -0.4 is 0 Å². The minimum absolute atomic E-state index is 0.0711. The zero-order valence-corrected chi connectivity index (χ0v) is 20.7. The molecule has 0 radical (unpaired) electrons. The highest BCUT2D eigenvalue weighted by molar-refractivity contribution is 8.09. The molecule has 3 aliphatic carbocycles. The maximum Gasteiger partial charge on any atom is 0.333 e. The van der Waals surface area contributed by atoms with Gasteiger partial charge in [-0.3, -0.25) is 9.59 Å². The van der Waals surface area contributed by atoms with Gasteiger partial charge in [0.25, 0.3) is 0 Å². The summed E-state index contributed by atoms with van der Waals surface area (Å²) in [6.45, 7) is 10.8. The van der Waals surface area contributed by atoms with Crippen molar-refractivity contribution in [2.75, 3.05) is 7.11 Å². The number of cyclic esters (lactones) is 1. The van der Waals surface area contributed by atoms with Crippen LogP contribution in [0.15, 0.2) is 36.5 Å². The first kappa shape index (κ1) is 24.3. The molecular formula is C26H34O6S. The second-order valence-corrected chi connectivity index (χ2v) is 12.1. The second-order valence-electron chi connectivity index (χ2n) is 10.6. The standard InChI is InChI=1S/C22H30O3S.C4H4O3/c1-13-15(8-6-14-7-9-18-22(13,14)26-18)21(4)11-10-17(23)20(2,3)16(21)12-19(24)25-5;5-3-1-2-4(6)7-3/h10-11,14-16,18H,1,6-9,12H2,2-5H3;1-3,5H. The van der Waals surface area contributed by atoms with Crippen molar-refractivity contribution in [1.82, 2.24) is 0 Å². The molecule has 6 nitrogen and oxygen atoms in total. The first-order valence-corrected chi connectivity index (χ1v) is 12.6. The molecule has 7 heteroatoms. The smallest absolute Gasteiger partial charge is 0.333 e. The lowest BCUT2D eigenvalue weighted by molar-refractivity contribution is -0.150. The molecule has 180 valence electrons. The van der Waals surface area contributed by atoms with E-state index in [0.29, 0.717) is 10.7 Å². The number of methoxy groups -OCH3 is 1. The summed E-state index contributed by atoms with van der Waals surface area (Å²) in [7, 11) is 1.43. The Kier molecular flexibility index (Phi) is 6.19. The van der Waals surface area contributed by atoms with Gasteiger partial charge in [0, 0.05) is 16.7 Å². The zero-order chi connectivity index (χ0) is 24.2. The summed E-state index contributed by atoms with van der Waals surface area (Å²) in [5.41, 5.74) is 0.574. The number of esters is 2. The van der Waals surface area contributed by atoms with Gasteiger partial charge in [-0.05, 0) is 61.0 Å². The molecule has 5 rings (SSSR count). The van der Waals surface area contributed by atoms with Crippen LogP contribution in [0.4, 0.5) is 0 Å². The van der Waals surface area contributed by atoms with Crippen molar-refractivity contribution in [3.8, 4) is 0 Å². The quantitative estimate of drug-likeness (QED) is 0.376. The molecular weight excluding hydrogens is 440 g/mol. The third kappa shape index (κ3) is 3.91. The van der Waals surface area contributed by atoms with Crippen LogP contribution in [0, 0.1) is 28.6 Å². The van der Waals surface area contributed by atoms with Gasteiger partial charge in [-0.25, -0.2) is 4.79 Å². The van der Waals surface area contributed by atoms with Crippen molar-refractivity contribution in [2.45, 2.75) is 69.2 Å². The number of hydrogen-bond donors (Lipinski definition) is 1. The van der Waals surface area contributed by atoms with Gasteiger partial charge >= 0.3 is 11.9 Å². The summed E-state index contributed by atoms with van der Waals surface area (Å²) in [6.07, 6.45) is 10.6. The Labute approximate surface area is 199 Å². The Morgan fingerprint density at radius 3 is 2.45 bits per heavy atom. The first-order chi connectivity index (χ1) is 15.5. The lowest BCUT2D eigenvalue weighted by Crippen LogP contribution is -2.51. The summed E-state index contributed by atoms with van der Waals surface area (Å²) >= 11 is 2.12.